The van der Waals surface area contributed by atoms with Gasteiger partial charge in [0, 0.05) is 29.4 Å². The fourth-order valence-electron chi connectivity index (χ4n) is 3.00. The second-order valence-corrected chi connectivity index (χ2v) is 7.40. The minimum Gasteiger partial charge on any atom is -0.481 e. The summed E-state index contributed by atoms with van der Waals surface area (Å²) in [6, 6.07) is 16.0. The number of rotatable bonds is 6. The number of aromatic nitrogens is 1. The van der Waals surface area contributed by atoms with Gasteiger partial charge in [-0.05, 0) is 53.9 Å². The first-order chi connectivity index (χ1) is 17.4. The molecule has 0 aliphatic rings. The number of hydrogen-bond donors (Lipinski definition) is 2. The summed E-state index contributed by atoms with van der Waals surface area (Å²) in [4.78, 5) is 5.56. The summed E-state index contributed by atoms with van der Waals surface area (Å²) in [5.74, 6) is 16.7. The third kappa shape index (κ3) is 6.20. The highest BCUT2D eigenvalue weighted by atomic mass is 35.5. The Morgan fingerprint density at radius 2 is 1.75 bits per heavy atom. The van der Waals surface area contributed by atoms with Crippen molar-refractivity contribution < 1.29 is 13.9 Å². The molecule has 1 heterocycles. The van der Waals surface area contributed by atoms with Crippen LogP contribution in [-0.4, -0.2) is 23.8 Å². The van der Waals surface area contributed by atoms with E-state index in [4.69, 9.17) is 32.8 Å². The van der Waals surface area contributed by atoms with Gasteiger partial charge in [-0.25, -0.2) is 9.37 Å². The molecule has 0 saturated heterocycles. The highest BCUT2D eigenvalue weighted by Crippen LogP contribution is 2.32. The number of ether oxygens (including phenoxy) is 2. The zero-order valence-corrected chi connectivity index (χ0v) is 20.0. The fourth-order valence-corrected chi connectivity index (χ4v) is 3.22. The first-order valence-corrected chi connectivity index (χ1v) is 10.7. The molecule has 0 amide bonds. The first-order valence-electron chi connectivity index (χ1n) is 10.3. The Morgan fingerprint density at radius 1 is 1.03 bits per heavy atom. The number of methoxy groups -OCH3 is 1. The van der Waals surface area contributed by atoms with Crippen LogP contribution in [0.5, 0.6) is 5.88 Å². The monoisotopic (exact) mass is 504 g/mol. The molecule has 0 spiro atoms. The number of amidine groups is 1. The van der Waals surface area contributed by atoms with Gasteiger partial charge >= 0.3 is 0 Å². The summed E-state index contributed by atoms with van der Waals surface area (Å²) in [5.41, 5.74) is 2.05. The summed E-state index contributed by atoms with van der Waals surface area (Å²) in [7, 11) is 1.49. The van der Waals surface area contributed by atoms with Gasteiger partial charge in [-0.15, -0.1) is 5.10 Å². The lowest BCUT2D eigenvalue weighted by Crippen LogP contribution is -2.29. The summed E-state index contributed by atoms with van der Waals surface area (Å²) < 4.78 is 24.2. The van der Waals surface area contributed by atoms with E-state index in [1.807, 2.05) is 0 Å². The van der Waals surface area contributed by atoms with E-state index in [0.29, 0.717) is 33.4 Å². The average Bonchev–Trinajstić information content (AvgIpc) is 2.90. The van der Waals surface area contributed by atoms with E-state index in [9.17, 15) is 4.39 Å². The lowest BCUT2D eigenvalue weighted by atomic mass is 10.1. The summed E-state index contributed by atoms with van der Waals surface area (Å²) >= 11 is 6.45. The van der Waals surface area contributed by atoms with Gasteiger partial charge in [-0.3, -0.25) is 4.90 Å². The molecule has 0 bridgehead atoms. The van der Waals surface area contributed by atoms with Crippen LogP contribution in [0.1, 0.15) is 11.1 Å². The average molecular weight is 505 g/mol. The van der Waals surface area contributed by atoms with Crippen molar-refractivity contribution in [1.29, 1.82) is 0 Å². The fraction of sp³-hybridized carbons (Fsp3) is 0.0385. The maximum atomic E-state index is 13.5. The Balaban J connectivity index is 1.94. The van der Waals surface area contributed by atoms with Gasteiger partial charge in [0.1, 0.15) is 11.6 Å². The number of para-hydroxylation sites is 1. The molecule has 0 aliphatic heterocycles. The van der Waals surface area contributed by atoms with Crippen LogP contribution in [-0.2, 0) is 4.74 Å². The third-order valence-corrected chi connectivity index (χ3v) is 5.08. The van der Waals surface area contributed by atoms with E-state index in [1.165, 1.54) is 30.3 Å². The van der Waals surface area contributed by atoms with Crippen LogP contribution in [0.15, 0.2) is 90.2 Å². The predicted molar refractivity (Wildman–Crippen MR) is 141 cm³/mol. The van der Waals surface area contributed by atoms with Crippen LogP contribution < -0.4 is 21.3 Å². The second-order valence-electron chi connectivity index (χ2n) is 6.99. The number of nitrogens with zero attached hydrogens (tertiary/aromatic N) is 4. The Morgan fingerprint density at radius 3 is 2.39 bits per heavy atom. The van der Waals surface area contributed by atoms with Crippen molar-refractivity contribution in [3.63, 3.8) is 0 Å². The highest BCUT2D eigenvalue weighted by Gasteiger charge is 2.20. The van der Waals surface area contributed by atoms with Crippen molar-refractivity contribution in [1.82, 2.24) is 4.98 Å². The summed E-state index contributed by atoms with van der Waals surface area (Å²) in [5, 5.41) is 7.77. The number of anilines is 1. The van der Waals surface area contributed by atoms with Crippen molar-refractivity contribution in [2.24, 2.45) is 21.9 Å². The molecule has 8 nitrogen and oxygen atoms in total. The van der Waals surface area contributed by atoms with E-state index in [-0.39, 0.29) is 17.5 Å². The van der Waals surface area contributed by atoms with Gasteiger partial charge in [0.25, 0.3) is 5.90 Å². The molecule has 36 heavy (non-hydrogen) atoms. The number of pyridine rings is 1. The van der Waals surface area contributed by atoms with Crippen LogP contribution in [0.2, 0.25) is 5.02 Å². The van der Waals surface area contributed by atoms with E-state index in [0.717, 1.165) is 0 Å². The minimum absolute atomic E-state index is 0.0402. The highest BCUT2D eigenvalue weighted by molar-refractivity contribution is 6.35. The standard InChI is InChI=1S/C26H22ClFN6O2/c1-17(19-8-10-21(28)11-9-19)34(23-7-5-4-6-22(23)27)24(32-29)12-13-25(33-30)36-18(2)20-14-15-31-26(16-20)35-3/h4-11,14-16H,1-2,29-30H2,3H3/b32-24-,33-25-. The molecule has 182 valence electrons. The second kappa shape index (κ2) is 12.1. The van der Waals surface area contributed by atoms with Crippen molar-refractivity contribution in [3.8, 4) is 17.7 Å². The van der Waals surface area contributed by atoms with Crippen LogP contribution in [0.4, 0.5) is 10.1 Å². The quantitative estimate of drug-likeness (QED) is 0.127. The smallest absolute Gasteiger partial charge is 0.290 e. The lowest BCUT2D eigenvalue weighted by Gasteiger charge is -2.26. The van der Waals surface area contributed by atoms with Gasteiger partial charge in [-0.1, -0.05) is 36.9 Å². The van der Waals surface area contributed by atoms with E-state index >= 15 is 0 Å². The topological polar surface area (TPSA) is 111 Å². The van der Waals surface area contributed by atoms with Gasteiger partial charge in [-0.2, -0.15) is 5.10 Å². The molecule has 0 aliphatic carbocycles. The van der Waals surface area contributed by atoms with Gasteiger partial charge < -0.3 is 21.2 Å². The normalized spacial score (nSPS) is 11.2. The summed E-state index contributed by atoms with van der Waals surface area (Å²) in [6.45, 7) is 7.98. The largest absolute Gasteiger partial charge is 0.481 e. The zero-order valence-electron chi connectivity index (χ0n) is 19.3. The molecule has 3 aromatic rings. The van der Waals surface area contributed by atoms with Crippen molar-refractivity contribution in [2.45, 2.75) is 0 Å². The van der Waals surface area contributed by atoms with Crippen LogP contribution in [0.25, 0.3) is 11.5 Å². The van der Waals surface area contributed by atoms with Crippen LogP contribution in [0.3, 0.4) is 0 Å². The zero-order chi connectivity index (χ0) is 26.1. The number of benzene rings is 2. The van der Waals surface area contributed by atoms with Gasteiger partial charge in [0.05, 0.1) is 17.8 Å². The maximum Gasteiger partial charge on any atom is 0.290 e. The number of halogens is 2. The Labute approximate surface area is 213 Å². The van der Waals surface area contributed by atoms with Crippen molar-refractivity contribution in [2.75, 3.05) is 12.0 Å². The number of hydrazone groups is 2. The molecule has 1 aromatic heterocycles. The Kier molecular flexibility index (Phi) is 8.64. The van der Waals surface area contributed by atoms with E-state index in [1.54, 1.807) is 48.5 Å². The van der Waals surface area contributed by atoms with E-state index < -0.39 is 5.82 Å². The lowest BCUT2D eigenvalue weighted by molar-refractivity contribution is 0.397. The SMILES string of the molecule is C=C(O/C(C#C/C(=N/N)N(C(=C)c1ccc(F)cc1)c1ccccc1Cl)=N\N)c1ccnc(OC)c1. The predicted octanol–water partition coefficient (Wildman–Crippen LogP) is 4.60. The third-order valence-electron chi connectivity index (χ3n) is 4.76. The molecule has 0 saturated carbocycles. The summed E-state index contributed by atoms with van der Waals surface area (Å²) in [6.07, 6.45) is 1.54. The molecule has 10 heteroatoms. The van der Waals surface area contributed by atoms with E-state index in [2.05, 4.69) is 40.2 Å². The molecular formula is C26H22ClFN6O2. The Hall–Kier alpha value is -4.81. The Bertz CT molecular complexity index is 1390. The first kappa shape index (κ1) is 25.8. The molecule has 3 rings (SSSR count). The van der Waals surface area contributed by atoms with Gasteiger partial charge in [0.2, 0.25) is 11.7 Å². The molecule has 0 unspecified atom stereocenters. The number of nitrogens with two attached hydrogens (primary N) is 2. The molecule has 0 atom stereocenters. The maximum absolute atomic E-state index is 13.5. The van der Waals surface area contributed by atoms with Crippen molar-refractivity contribution in [3.05, 3.63) is 102 Å². The minimum atomic E-state index is -0.392. The van der Waals surface area contributed by atoms with Crippen molar-refractivity contribution >= 4 is 40.5 Å². The molecule has 0 radical (unpaired) electrons. The molecule has 4 N–H and O–H groups in total. The molecule has 0 fully saturated rings. The molecule has 2 aromatic carbocycles. The van der Waals surface area contributed by atoms with Crippen LogP contribution in [0, 0.1) is 17.7 Å². The van der Waals surface area contributed by atoms with Gasteiger partial charge in [0.15, 0.2) is 0 Å². The number of hydrogen-bond acceptors (Lipinski definition) is 7. The van der Waals surface area contributed by atoms with Crippen LogP contribution >= 0.6 is 11.6 Å². The molecular weight excluding hydrogens is 483 g/mol.